The maximum Gasteiger partial charge on any atom is 0.0203 e. The van der Waals surface area contributed by atoms with Gasteiger partial charge in [-0.25, -0.2) is 0 Å². The Hall–Kier alpha value is -1.56. The van der Waals surface area contributed by atoms with Crippen molar-refractivity contribution in [2.75, 3.05) is 0 Å². The molecular formula is C26H36. The summed E-state index contributed by atoms with van der Waals surface area (Å²) >= 11 is 0. The van der Waals surface area contributed by atoms with Crippen molar-refractivity contribution in [1.29, 1.82) is 0 Å². The van der Waals surface area contributed by atoms with Crippen LogP contribution in [0.1, 0.15) is 95.0 Å². The Bertz CT molecular complexity index is 770. The second-order valence-electron chi connectivity index (χ2n) is 9.48. The molecule has 26 heavy (non-hydrogen) atoms. The lowest BCUT2D eigenvalue weighted by Crippen LogP contribution is -2.34. The second kappa shape index (κ2) is 6.55. The normalized spacial score (nSPS) is 21.2. The largest absolute Gasteiger partial charge is 0.0683 e. The summed E-state index contributed by atoms with van der Waals surface area (Å²) in [5.41, 5.74) is 8.44. The van der Waals surface area contributed by atoms with Gasteiger partial charge in [0.2, 0.25) is 0 Å². The number of benzene rings is 2. The zero-order chi connectivity index (χ0) is 19.2. The zero-order valence-electron chi connectivity index (χ0n) is 17.9. The average Bonchev–Trinajstić information content (AvgIpc) is 3.43. The van der Waals surface area contributed by atoms with Crippen LogP contribution in [0, 0.1) is 6.92 Å². The van der Waals surface area contributed by atoms with Crippen LogP contribution in [0.4, 0.5) is 0 Å². The molecular weight excluding hydrogens is 312 g/mol. The first kappa shape index (κ1) is 19.2. The molecule has 140 valence electrons. The van der Waals surface area contributed by atoms with Crippen LogP contribution in [-0.2, 0) is 16.2 Å². The lowest BCUT2D eigenvalue weighted by atomic mass is 9.62. The van der Waals surface area contributed by atoms with Crippen LogP contribution in [0.3, 0.4) is 0 Å². The van der Waals surface area contributed by atoms with Crippen LogP contribution in [-0.4, -0.2) is 0 Å². The van der Waals surface area contributed by atoms with Gasteiger partial charge in [0.05, 0.1) is 0 Å². The molecule has 0 spiro atoms. The van der Waals surface area contributed by atoms with Crippen LogP contribution in [0.2, 0.25) is 0 Å². The number of aryl methyl sites for hydroxylation is 1. The Morgan fingerprint density at radius 3 is 1.65 bits per heavy atom. The topological polar surface area (TPSA) is 0 Å². The highest BCUT2D eigenvalue weighted by Crippen LogP contribution is 2.55. The fourth-order valence-electron chi connectivity index (χ4n) is 4.63. The van der Waals surface area contributed by atoms with Crippen LogP contribution in [0.5, 0.6) is 0 Å². The molecule has 4 rings (SSSR count). The molecule has 0 aliphatic heterocycles. The summed E-state index contributed by atoms with van der Waals surface area (Å²) in [4.78, 5) is 0. The number of fused-ring (bicyclic) bond motifs is 1. The molecule has 0 saturated heterocycles. The molecule has 0 atom stereocenters. The Morgan fingerprint density at radius 2 is 1.12 bits per heavy atom. The fourth-order valence-corrected chi connectivity index (χ4v) is 4.63. The Kier molecular flexibility index (Phi) is 4.84. The highest BCUT2D eigenvalue weighted by atomic mass is 14.5. The lowest BCUT2D eigenvalue weighted by Gasteiger charge is -2.42. The van der Waals surface area contributed by atoms with E-state index >= 15 is 0 Å². The van der Waals surface area contributed by atoms with Gasteiger partial charge in [-0.05, 0) is 65.7 Å². The van der Waals surface area contributed by atoms with Crippen molar-refractivity contribution in [3.05, 3.63) is 70.3 Å². The van der Waals surface area contributed by atoms with Crippen molar-refractivity contribution in [3.8, 4) is 0 Å². The fraction of sp³-hybridized carbons (Fsp3) is 0.538. The second-order valence-corrected chi connectivity index (χ2v) is 9.48. The minimum atomic E-state index is 0.278. The summed E-state index contributed by atoms with van der Waals surface area (Å²) < 4.78 is 0. The molecule has 0 heterocycles. The van der Waals surface area contributed by atoms with Crippen molar-refractivity contribution in [1.82, 2.24) is 0 Å². The number of rotatable bonds is 2. The Balaban J connectivity index is 0.000000948. The van der Waals surface area contributed by atoms with Gasteiger partial charge in [-0.3, -0.25) is 0 Å². The van der Waals surface area contributed by atoms with Crippen LogP contribution < -0.4 is 0 Å². The SMILES string of the molecule is CC.Cc1ccc(C2(c3ccc4c(c3)C(C)(C)CCC4(C)C)CC2)cc1. The van der Waals surface area contributed by atoms with Crippen LogP contribution in [0.25, 0.3) is 0 Å². The first-order valence-electron chi connectivity index (χ1n) is 10.5. The lowest BCUT2D eigenvalue weighted by molar-refractivity contribution is 0.331. The summed E-state index contributed by atoms with van der Waals surface area (Å²) in [6.07, 6.45) is 5.15. The van der Waals surface area contributed by atoms with Gasteiger partial charge >= 0.3 is 0 Å². The van der Waals surface area contributed by atoms with Crippen LogP contribution in [0.15, 0.2) is 42.5 Å². The quantitative estimate of drug-likeness (QED) is 0.528. The highest BCUT2D eigenvalue weighted by Gasteiger charge is 2.47. The Morgan fingerprint density at radius 1 is 0.615 bits per heavy atom. The third-order valence-corrected chi connectivity index (χ3v) is 6.76. The van der Waals surface area contributed by atoms with E-state index in [-0.39, 0.29) is 5.41 Å². The van der Waals surface area contributed by atoms with E-state index in [9.17, 15) is 0 Å². The maximum absolute atomic E-state index is 2.56. The predicted octanol–water partition coefficient (Wildman–Crippen LogP) is 7.45. The number of hydrogen-bond acceptors (Lipinski definition) is 0. The van der Waals surface area contributed by atoms with Gasteiger partial charge in [-0.15, -0.1) is 0 Å². The molecule has 0 radical (unpaired) electrons. The van der Waals surface area contributed by atoms with E-state index in [1.807, 2.05) is 13.8 Å². The Labute approximate surface area is 161 Å². The standard InChI is InChI=1S/C24H30.C2H6/c1-17-6-8-18(9-7-17)24(14-15-24)19-10-11-20-21(16-19)23(4,5)13-12-22(20,2)3;1-2/h6-11,16H,12-15H2,1-5H3;1-2H3. The molecule has 0 aromatic heterocycles. The van der Waals surface area contributed by atoms with Crippen molar-refractivity contribution in [3.63, 3.8) is 0 Å². The van der Waals surface area contributed by atoms with Gasteiger partial charge in [0.1, 0.15) is 0 Å². The molecule has 0 unspecified atom stereocenters. The first-order chi connectivity index (χ1) is 12.2. The van der Waals surface area contributed by atoms with E-state index in [2.05, 4.69) is 77.1 Å². The summed E-state index contributed by atoms with van der Waals surface area (Å²) in [5, 5.41) is 0. The molecule has 0 heteroatoms. The molecule has 0 amide bonds. The number of hydrogen-bond donors (Lipinski definition) is 0. The van der Waals surface area contributed by atoms with Gasteiger partial charge in [-0.2, -0.15) is 0 Å². The molecule has 2 aromatic rings. The molecule has 2 aliphatic rings. The summed E-state index contributed by atoms with van der Waals surface area (Å²) in [5.74, 6) is 0. The van der Waals surface area contributed by atoms with Crippen molar-refractivity contribution in [2.45, 2.75) is 90.4 Å². The van der Waals surface area contributed by atoms with Crippen molar-refractivity contribution < 1.29 is 0 Å². The monoisotopic (exact) mass is 348 g/mol. The smallest absolute Gasteiger partial charge is 0.0203 e. The predicted molar refractivity (Wildman–Crippen MR) is 114 cm³/mol. The van der Waals surface area contributed by atoms with E-state index in [1.165, 1.54) is 42.4 Å². The highest BCUT2D eigenvalue weighted by molar-refractivity contribution is 5.51. The van der Waals surface area contributed by atoms with Gasteiger partial charge in [0, 0.05) is 5.41 Å². The maximum atomic E-state index is 2.56. The van der Waals surface area contributed by atoms with Gasteiger partial charge in [0.15, 0.2) is 0 Å². The van der Waals surface area contributed by atoms with Gasteiger partial charge < -0.3 is 0 Å². The molecule has 1 fully saturated rings. The summed E-state index contributed by atoms with van der Waals surface area (Å²) in [7, 11) is 0. The van der Waals surface area contributed by atoms with Crippen LogP contribution >= 0.6 is 0 Å². The third-order valence-electron chi connectivity index (χ3n) is 6.76. The minimum absolute atomic E-state index is 0.278. The molecule has 0 N–H and O–H groups in total. The summed E-state index contributed by atoms with van der Waals surface area (Å²) in [6, 6.07) is 16.6. The van der Waals surface area contributed by atoms with Gasteiger partial charge in [0.25, 0.3) is 0 Å². The molecule has 0 bridgehead atoms. The van der Waals surface area contributed by atoms with E-state index in [0.29, 0.717) is 10.8 Å². The van der Waals surface area contributed by atoms with Crippen molar-refractivity contribution >= 4 is 0 Å². The van der Waals surface area contributed by atoms with E-state index in [4.69, 9.17) is 0 Å². The first-order valence-corrected chi connectivity index (χ1v) is 10.5. The molecule has 2 aliphatic carbocycles. The van der Waals surface area contributed by atoms with E-state index < -0.39 is 0 Å². The van der Waals surface area contributed by atoms with Gasteiger partial charge in [-0.1, -0.05) is 89.6 Å². The minimum Gasteiger partial charge on any atom is -0.0683 e. The molecule has 0 nitrogen and oxygen atoms in total. The van der Waals surface area contributed by atoms with E-state index in [0.717, 1.165) is 0 Å². The zero-order valence-corrected chi connectivity index (χ0v) is 17.9. The van der Waals surface area contributed by atoms with E-state index in [1.54, 1.807) is 11.1 Å². The average molecular weight is 349 g/mol. The molecule has 2 aromatic carbocycles. The van der Waals surface area contributed by atoms with Crippen molar-refractivity contribution in [2.24, 2.45) is 0 Å². The molecule has 1 saturated carbocycles. The third kappa shape index (κ3) is 3.13. The summed E-state index contributed by atoms with van der Waals surface area (Å²) in [6.45, 7) is 15.8.